The topological polar surface area (TPSA) is 72.6 Å². The van der Waals surface area contributed by atoms with Crippen LogP contribution in [-0.4, -0.2) is 32.9 Å². The molecule has 1 aliphatic heterocycles. The van der Waals surface area contributed by atoms with E-state index in [1.165, 1.54) is 17.5 Å². The number of sulfonamides is 1. The fourth-order valence-electron chi connectivity index (χ4n) is 2.45. The summed E-state index contributed by atoms with van der Waals surface area (Å²) >= 11 is 0. The van der Waals surface area contributed by atoms with Crippen LogP contribution < -0.4 is 10.5 Å². The first-order valence-electron chi connectivity index (χ1n) is 6.62. The molecule has 0 bridgehead atoms. The molecule has 112 valence electrons. The Hall–Kier alpha value is -1.27. The smallest absolute Gasteiger partial charge is 0.246 e. The van der Waals surface area contributed by atoms with Gasteiger partial charge in [0.05, 0.1) is 7.11 Å². The van der Waals surface area contributed by atoms with E-state index < -0.39 is 10.0 Å². The zero-order valence-electron chi connectivity index (χ0n) is 12.4. The summed E-state index contributed by atoms with van der Waals surface area (Å²) < 4.78 is 32.2. The monoisotopic (exact) mass is 298 g/mol. The molecule has 0 saturated carbocycles. The molecule has 1 saturated heterocycles. The van der Waals surface area contributed by atoms with Gasteiger partial charge in [0, 0.05) is 18.8 Å². The molecule has 1 aliphatic rings. The Bertz CT molecular complexity index is 624. The van der Waals surface area contributed by atoms with E-state index in [0.717, 1.165) is 12.0 Å². The Balaban J connectivity index is 2.47. The fourth-order valence-corrected chi connectivity index (χ4v) is 4.25. The third-order valence-corrected chi connectivity index (χ3v) is 5.68. The highest BCUT2D eigenvalue weighted by atomic mass is 32.2. The van der Waals surface area contributed by atoms with Gasteiger partial charge in [-0.2, -0.15) is 4.31 Å². The highest BCUT2D eigenvalue weighted by Crippen LogP contribution is 2.36. The molecule has 1 heterocycles. The zero-order chi connectivity index (χ0) is 15.1. The first-order chi connectivity index (χ1) is 9.17. The quantitative estimate of drug-likeness (QED) is 0.866. The Morgan fingerprint density at radius 2 is 2.00 bits per heavy atom. The number of ether oxygens (including phenoxy) is 1. The van der Waals surface area contributed by atoms with Crippen molar-refractivity contribution in [3.8, 4) is 5.75 Å². The first kappa shape index (κ1) is 15.1. The van der Waals surface area contributed by atoms with Crippen molar-refractivity contribution in [2.45, 2.75) is 32.1 Å². The molecule has 2 N–H and O–H groups in total. The van der Waals surface area contributed by atoms with E-state index >= 15 is 0 Å². The second-order valence-electron chi connectivity index (χ2n) is 6.11. The molecule has 1 aromatic carbocycles. The molecule has 5 nitrogen and oxygen atoms in total. The van der Waals surface area contributed by atoms with Crippen molar-refractivity contribution >= 4 is 15.7 Å². The van der Waals surface area contributed by atoms with Crippen LogP contribution in [0.15, 0.2) is 17.0 Å². The maximum Gasteiger partial charge on any atom is 0.246 e. The van der Waals surface area contributed by atoms with Gasteiger partial charge in [-0.1, -0.05) is 13.8 Å². The second-order valence-corrected chi connectivity index (χ2v) is 8.02. The van der Waals surface area contributed by atoms with Crippen LogP contribution in [0.4, 0.5) is 5.69 Å². The van der Waals surface area contributed by atoms with Gasteiger partial charge in [-0.3, -0.25) is 0 Å². The number of anilines is 1. The summed E-state index contributed by atoms with van der Waals surface area (Å²) in [4.78, 5) is 0.154. The van der Waals surface area contributed by atoms with E-state index in [1.54, 1.807) is 6.07 Å². The Kier molecular flexibility index (Phi) is 3.73. The number of nitrogens with zero attached hydrogens (tertiary/aromatic N) is 1. The van der Waals surface area contributed by atoms with Gasteiger partial charge in [0.2, 0.25) is 10.0 Å². The number of hydrogen-bond donors (Lipinski definition) is 1. The standard InChI is InChI=1S/C14H22N2O3S/c1-10-7-12(19-4)13(8-11(10)15)20(17,18)16-6-5-14(2,3)9-16/h7-8H,5-6,9,15H2,1-4H3. The van der Waals surface area contributed by atoms with Crippen LogP contribution in [0.25, 0.3) is 0 Å². The number of nitrogens with two attached hydrogens (primary N) is 1. The number of nitrogen functional groups attached to an aromatic ring is 1. The van der Waals surface area contributed by atoms with Crippen LogP contribution in [0.1, 0.15) is 25.8 Å². The summed E-state index contributed by atoms with van der Waals surface area (Å²) in [6.07, 6.45) is 0.857. The molecule has 0 atom stereocenters. The van der Waals surface area contributed by atoms with Crippen LogP contribution in [0.5, 0.6) is 5.75 Å². The minimum atomic E-state index is -3.56. The van der Waals surface area contributed by atoms with E-state index in [0.29, 0.717) is 24.5 Å². The van der Waals surface area contributed by atoms with Gasteiger partial charge in [0.15, 0.2) is 0 Å². The second kappa shape index (κ2) is 4.93. The summed E-state index contributed by atoms with van der Waals surface area (Å²) in [5.74, 6) is 0.349. The number of benzene rings is 1. The van der Waals surface area contributed by atoms with Crippen molar-refractivity contribution in [1.82, 2.24) is 4.31 Å². The van der Waals surface area contributed by atoms with E-state index in [9.17, 15) is 8.42 Å². The lowest BCUT2D eigenvalue weighted by atomic mass is 9.93. The maximum atomic E-state index is 12.8. The van der Waals surface area contributed by atoms with E-state index in [-0.39, 0.29) is 10.3 Å². The van der Waals surface area contributed by atoms with Gasteiger partial charge in [0.1, 0.15) is 10.6 Å². The van der Waals surface area contributed by atoms with Crippen LogP contribution in [0.3, 0.4) is 0 Å². The molecule has 0 unspecified atom stereocenters. The van der Waals surface area contributed by atoms with Crippen molar-refractivity contribution in [2.75, 3.05) is 25.9 Å². The number of hydrogen-bond acceptors (Lipinski definition) is 4. The summed E-state index contributed by atoms with van der Waals surface area (Å²) in [5.41, 5.74) is 7.13. The minimum Gasteiger partial charge on any atom is -0.495 e. The Labute approximate surface area is 120 Å². The van der Waals surface area contributed by atoms with E-state index in [2.05, 4.69) is 13.8 Å². The van der Waals surface area contributed by atoms with Gasteiger partial charge in [-0.25, -0.2) is 8.42 Å². The predicted octanol–water partition coefficient (Wildman–Crippen LogP) is 2.01. The fraction of sp³-hybridized carbons (Fsp3) is 0.571. The third-order valence-electron chi connectivity index (χ3n) is 3.81. The highest BCUT2D eigenvalue weighted by Gasteiger charge is 2.38. The van der Waals surface area contributed by atoms with Gasteiger partial charge in [0.25, 0.3) is 0 Å². The minimum absolute atomic E-state index is 0.0105. The average Bonchev–Trinajstić information content (AvgIpc) is 2.73. The Morgan fingerprint density at radius 3 is 2.50 bits per heavy atom. The lowest BCUT2D eigenvalue weighted by Crippen LogP contribution is -2.30. The molecular weight excluding hydrogens is 276 g/mol. The molecule has 2 rings (SSSR count). The SMILES string of the molecule is COc1cc(C)c(N)cc1S(=O)(=O)N1CCC(C)(C)C1. The highest BCUT2D eigenvalue weighted by molar-refractivity contribution is 7.89. The number of methoxy groups -OCH3 is 1. The van der Waals surface area contributed by atoms with Crippen LogP contribution in [-0.2, 0) is 10.0 Å². The van der Waals surface area contributed by atoms with Crippen LogP contribution in [0.2, 0.25) is 0 Å². The molecule has 0 spiro atoms. The average molecular weight is 298 g/mol. The lowest BCUT2D eigenvalue weighted by Gasteiger charge is -2.21. The molecule has 0 aliphatic carbocycles. The molecule has 0 aromatic heterocycles. The maximum absolute atomic E-state index is 12.8. The van der Waals surface area contributed by atoms with E-state index in [1.807, 2.05) is 6.92 Å². The predicted molar refractivity (Wildman–Crippen MR) is 79.3 cm³/mol. The van der Waals surface area contributed by atoms with Crippen molar-refractivity contribution < 1.29 is 13.2 Å². The van der Waals surface area contributed by atoms with Gasteiger partial charge in [-0.15, -0.1) is 0 Å². The van der Waals surface area contributed by atoms with Gasteiger partial charge in [-0.05, 0) is 36.5 Å². The van der Waals surface area contributed by atoms with Gasteiger partial charge >= 0.3 is 0 Å². The molecule has 0 radical (unpaired) electrons. The summed E-state index contributed by atoms with van der Waals surface area (Å²) in [5, 5.41) is 0. The number of rotatable bonds is 3. The van der Waals surface area contributed by atoms with Crippen molar-refractivity contribution in [2.24, 2.45) is 5.41 Å². The Morgan fingerprint density at radius 1 is 1.35 bits per heavy atom. The van der Waals surface area contributed by atoms with Crippen molar-refractivity contribution in [3.05, 3.63) is 17.7 Å². The lowest BCUT2D eigenvalue weighted by molar-refractivity contribution is 0.371. The molecule has 0 amide bonds. The van der Waals surface area contributed by atoms with Gasteiger partial charge < -0.3 is 10.5 Å². The normalized spacial score (nSPS) is 19.2. The van der Waals surface area contributed by atoms with Crippen LogP contribution >= 0.6 is 0 Å². The largest absolute Gasteiger partial charge is 0.495 e. The molecule has 1 fully saturated rings. The van der Waals surface area contributed by atoms with E-state index in [4.69, 9.17) is 10.5 Å². The molecule has 20 heavy (non-hydrogen) atoms. The summed E-state index contributed by atoms with van der Waals surface area (Å²) in [7, 11) is -2.09. The van der Waals surface area contributed by atoms with Crippen molar-refractivity contribution in [1.29, 1.82) is 0 Å². The summed E-state index contributed by atoms with van der Waals surface area (Å²) in [6, 6.07) is 3.16. The zero-order valence-corrected chi connectivity index (χ0v) is 13.3. The van der Waals surface area contributed by atoms with Crippen LogP contribution in [0, 0.1) is 12.3 Å². The molecule has 6 heteroatoms. The third kappa shape index (κ3) is 2.62. The summed E-state index contributed by atoms with van der Waals surface area (Å²) in [6.45, 7) is 7.03. The van der Waals surface area contributed by atoms with Crippen molar-refractivity contribution in [3.63, 3.8) is 0 Å². The number of aryl methyl sites for hydroxylation is 1. The molecular formula is C14H22N2O3S. The molecule has 1 aromatic rings. The first-order valence-corrected chi connectivity index (χ1v) is 8.06.